The topological polar surface area (TPSA) is 63.6 Å². The Labute approximate surface area is 155 Å². The second kappa shape index (κ2) is 7.17. The van der Waals surface area contributed by atoms with Crippen molar-refractivity contribution < 1.29 is 4.79 Å². The maximum absolute atomic E-state index is 12.8. The van der Waals surface area contributed by atoms with Crippen molar-refractivity contribution >= 4 is 28.4 Å². The third-order valence-electron chi connectivity index (χ3n) is 4.37. The average Bonchev–Trinajstić information content (AvgIpc) is 3.33. The van der Waals surface area contributed by atoms with Crippen molar-refractivity contribution in [1.82, 2.24) is 19.7 Å². The van der Waals surface area contributed by atoms with Crippen LogP contribution in [-0.2, 0) is 6.42 Å². The molecule has 0 atom stereocenters. The molecule has 0 saturated carbocycles. The van der Waals surface area contributed by atoms with E-state index in [1.807, 2.05) is 53.2 Å². The number of fused-ring (bicyclic) bond motifs is 1. The number of Topliss-reactive ketones (excluding diaryl/α,β-unsaturated/α-hetero) is 1. The van der Waals surface area contributed by atoms with Crippen LogP contribution in [0.25, 0.3) is 16.6 Å². The molecule has 4 aromatic rings. The predicted octanol–water partition coefficient (Wildman–Crippen LogP) is 4.29. The summed E-state index contributed by atoms with van der Waals surface area (Å²) >= 11 is 1.40. The standard InChI is InChI=1S/C20H18N4OS/c1-2-14-7-6-10-16-17(11-21-19(14)16)18(25)12-26-20-23-22-13-24(20)15-8-4-3-5-9-15/h3-11,13,21H,2,12H2,1H3. The normalized spacial score (nSPS) is 11.1. The summed E-state index contributed by atoms with van der Waals surface area (Å²) in [5.41, 5.74) is 3.98. The lowest BCUT2D eigenvalue weighted by Crippen LogP contribution is -2.03. The number of thioether (sulfide) groups is 1. The number of carbonyl (C=O) groups is 1. The number of aromatic nitrogens is 4. The molecule has 0 radical (unpaired) electrons. The molecule has 0 fully saturated rings. The largest absolute Gasteiger partial charge is 0.360 e. The van der Waals surface area contributed by atoms with Gasteiger partial charge in [-0.3, -0.25) is 9.36 Å². The van der Waals surface area contributed by atoms with Crippen LogP contribution in [0.4, 0.5) is 0 Å². The fourth-order valence-corrected chi connectivity index (χ4v) is 3.85. The van der Waals surface area contributed by atoms with E-state index < -0.39 is 0 Å². The number of aromatic amines is 1. The quantitative estimate of drug-likeness (QED) is 0.411. The maximum Gasteiger partial charge on any atom is 0.196 e. The van der Waals surface area contributed by atoms with E-state index in [0.29, 0.717) is 10.9 Å². The lowest BCUT2D eigenvalue weighted by atomic mass is 10.1. The number of carbonyl (C=O) groups excluding carboxylic acids is 1. The van der Waals surface area contributed by atoms with Gasteiger partial charge in [-0.1, -0.05) is 55.1 Å². The van der Waals surface area contributed by atoms with Crippen molar-refractivity contribution in [3.8, 4) is 5.69 Å². The number of nitrogens with zero attached hydrogens (tertiary/aromatic N) is 3. The molecule has 0 spiro atoms. The maximum atomic E-state index is 12.8. The van der Waals surface area contributed by atoms with Crippen molar-refractivity contribution in [1.29, 1.82) is 0 Å². The zero-order valence-corrected chi connectivity index (χ0v) is 15.2. The van der Waals surface area contributed by atoms with Crippen molar-refractivity contribution in [2.75, 3.05) is 5.75 Å². The first kappa shape index (κ1) is 16.6. The van der Waals surface area contributed by atoms with Crippen LogP contribution in [0.2, 0.25) is 0 Å². The van der Waals surface area contributed by atoms with Gasteiger partial charge >= 0.3 is 0 Å². The molecule has 0 aliphatic heterocycles. The van der Waals surface area contributed by atoms with E-state index in [4.69, 9.17) is 0 Å². The van der Waals surface area contributed by atoms with Gasteiger partial charge in [0.05, 0.1) is 5.75 Å². The third-order valence-corrected chi connectivity index (χ3v) is 5.31. The zero-order valence-electron chi connectivity index (χ0n) is 14.3. The molecule has 0 unspecified atom stereocenters. The second-order valence-electron chi connectivity index (χ2n) is 5.93. The van der Waals surface area contributed by atoms with Gasteiger partial charge in [0.1, 0.15) is 6.33 Å². The summed E-state index contributed by atoms with van der Waals surface area (Å²) < 4.78 is 1.89. The van der Waals surface area contributed by atoms with Crippen LogP contribution in [0.3, 0.4) is 0 Å². The molecule has 4 rings (SSSR count). The Morgan fingerprint density at radius 1 is 1.15 bits per heavy atom. The minimum atomic E-state index is 0.0807. The number of hydrogen-bond donors (Lipinski definition) is 1. The van der Waals surface area contributed by atoms with Gasteiger partial charge in [0, 0.05) is 28.4 Å². The van der Waals surface area contributed by atoms with E-state index in [2.05, 4.69) is 28.2 Å². The van der Waals surface area contributed by atoms with Gasteiger partial charge in [-0.05, 0) is 24.1 Å². The number of H-pyrrole nitrogens is 1. The summed E-state index contributed by atoms with van der Waals surface area (Å²) in [6, 6.07) is 16.0. The smallest absolute Gasteiger partial charge is 0.196 e. The molecule has 2 aromatic carbocycles. The predicted molar refractivity (Wildman–Crippen MR) is 104 cm³/mol. The lowest BCUT2D eigenvalue weighted by Gasteiger charge is -2.05. The molecule has 1 N–H and O–H groups in total. The van der Waals surface area contributed by atoms with Crippen molar-refractivity contribution in [2.45, 2.75) is 18.5 Å². The molecule has 0 aliphatic rings. The van der Waals surface area contributed by atoms with Crippen LogP contribution in [0.15, 0.2) is 66.2 Å². The fourth-order valence-electron chi connectivity index (χ4n) is 3.04. The summed E-state index contributed by atoms with van der Waals surface area (Å²) in [4.78, 5) is 16.0. The van der Waals surface area contributed by atoms with Crippen molar-refractivity contribution in [2.24, 2.45) is 0 Å². The summed E-state index contributed by atoms with van der Waals surface area (Å²) in [6.45, 7) is 2.11. The molecule has 0 aliphatic carbocycles. The Hall–Kier alpha value is -2.86. The van der Waals surface area contributed by atoms with E-state index in [9.17, 15) is 4.79 Å². The monoisotopic (exact) mass is 362 g/mol. The summed E-state index contributed by atoms with van der Waals surface area (Å²) in [5.74, 6) is 0.395. The Morgan fingerprint density at radius 3 is 2.81 bits per heavy atom. The van der Waals surface area contributed by atoms with Crippen LogP contribution in [0.5, 0.6) is 0 Å². The molecule has 26 heavy (non-hydrogen) atoms. The highest BCUT2D eigenvalue weighted by Crippen LogP contribution is 2.25. The molecule has 5 nitrogen and oxygen atoms in total. The number of ketones is 1. The first-order valence-corrected chi connectivity index (χ1v) is 9.47. The van der Waals surface area contributed by atoms with Crippen LogP contribution < -0.4 is 0 Å². The number of aryl methyl sites for hydroxylation is 1. The number of nitrogens with one attached hydrogen (secondary N) is 1. The molecule has 6 heteroatoms. The van der Waals surface area contributed by atoms with E-state index >= 15 is 0 Å². The highest BCUT2D eigenvalue weighted by Gasteiger charge is 2.16. The zero-order chi connectivity index (χ0) is 17.9. The minimum absolute atomic E-state index is 0.0807. The molecule has 0 bridgehead atoms. The van der Waals surface area contributed by atoms with E-state index in [-0.39, 0.29) is 5.78 Å². The van der Waals surface area contributed by atoms with Crippen molar-refractivity contribution in [3.05, 3.63) is 72.2 Å². The van der Waals surface area contributed by atoms with E-state index in [1.165, 1.54) is 17.3 Å². The second-order valence-corrected chi connectivity index (χ2v) is 6.87. The van der Waals surface area contributed by atoms with Crippen LogP contribution in [0, 0.1) is 0 Å². The molecule has 130 valence electrons. The molecular formula is C20H18N4OS. The Morgan fingerprint density at radius 2 is 2.00 bits per heavy atom. The molecule has 2 heterocycles. The van der Waals surface area contributed by atoms with Gasteiger partial charge in [0.25, 0.3) is 0 Å². The molecular weight excluding hydrogens is 344 g/mol. The highest BCUT2D eigenvalue weighted by molar-refractivity contribution is 7.99. The van der Waals surface area contributed by atoms with Crippen molar-refractivity contribution in [3.63, 3.8) is 0 Å². The number of para-hydroxylation sites is 2. The van der Waals surface area contributed by atoms with Crippen LogP contribution in [0.1, 0.15) is 22.8 Å². The number of benzene rings is 2. The molecule has 0 amide bonds. The summed E-state index contributed by atoms with van der Waals surface area (Å²) in [5, 5.41) is 9.83. The van der Waals surface area contributed by atoms with Crippen LogP contribution in [-0.4, -0.2) is 31.3 Å². The van der Waals surface area contributed by atoms with E-state index in [0.717, 1.165) is 28.6 Å². The fraction of sp³-hybridized carbons (Fsp3) is 0.150. The van der Waals surface area contributed by atoms with E-state index in [1.54, 1.807) is 6.33 Å². The SMILES string of the molecule is CCc1cccc2c(C(=O)CSc3nncn3-c3ccccc3)c[nH]c12. The number of rotatable bonds is 6. The number of hydrogen-bond acceptors (Lipinski definition) is 4. The van der Waals surface area contributed by atoms with Gasteiger partial charge < -0.3 is 4.98 Å². The minimum Gasteiger partial charge on any atom is -0.360 e. The molecule has 0 saturated heterocycles. The summed E-state index contributed by atoms with van der Waals surface area (Å²) in [7, 11) is 0. The summed E-state index contributed by atoms with van der Waals surface area (Å²) in [6.07, 6.45) is 4.41. The third kappa shape index (κ3) is 3.04. The first-order chi connectivity index (χ1) is 12.8. The lowest BCUT2D eigenvalue weighted by molar-refractivity contribution is 0.102. The first-order valence-electron chi connectivity index (χ1n) is 8.48. The molecule has 2 aromatic heterocycles. The van der Waals surface area contributed by atoms with Gasteiger partial charge in [-0.15, -0.1) is 10.2 Å². The Bertz CT molecular complexity index is 1050. The van der Waals surface area contributed by atoms with Gasteiger partial charge in [-0.2, -0.15) is 0 Å². The van der Waals surface area contributed by atoms with Gasteiger partial charge in [-0.25, -0.2) is 0 Å². The average molecular weight is 362 g/mol. The van der Waals surface area contributed by atoms with Crippen LogP contribution >= 0.6 is 11.8 Å². The highest BCUT2D eigenvalue weighted by atomic mass is 32.2. The Kier molecular flexibility index (Phi) is 4.58. The van der Waals surface area contributed by atoms with Gasteiger partial charge in [0.2, 0.25) is 0 Å². The Balaban J connectivity index is 1.55. The van der Waals surface area contributed by atoms with Gasteiger partial charge in [0.15, 0.2) is 10.9 Å².